The molecule has 3 N–H and O–H groups in total. The first-order valence-corrected chi connectivity index (χ1v) is 7.88. The Kier molecular flexibility index (Phi) is 3.75. The van der Waals surface area contributed by atoms with E-state index in [0.717, 1.165) is 38.6 Å². The molecule has 1 aliphatic rings. The molecule has 1 heterocycles. The van der Waals surface area contributed by atoms with Gasteiger partial charge in [0.1, 0.15) is 0 Å². The van der Waals surface area contributed by atoms with Crippen LogP contribution in [0.2, 0.25) is 0 Å². The first-order chi connectivity index (χ1) is 9.56. The van der Waals surface area contributed by atoms with Gasteiger partial charge in [0.25, 0.3) is 0 Å². The molecule has 20 heavy (non-hydrogen) atoms. The van der Waals surface area contributed by atoms with E-state index >= 15 is 0 Å². The molecular weight excluding hydrogens is 386 g/mol. The minimum absolute atomic E-state index is 0.00266. The lowest BCUT2D eigenvalue weighted by molar-refractivity contribution is 0.400. The Morgan fingerprint density at radius 3 is 2.55 bits per heavy atom. The maximum atomic E-state index is 9.77. The van der Waals surface area contributed by atoms with Crippen molar-refractivity contribution in [2.75, 3.05) is 6.54 Å². The average Bonchev–Trinajstić information content (AvgIpc) is 2.42. The Morgan fingerprint density at radius 2 is 1.75 bits per heavy atom. The zero-order valence-electron chi connectivity index (χ0n) is 10.5. The van der Waals surface area contributed by atoms with Gasteiger partial charge < -0.3 is 15.5 Å². The molecule has 2 aromatic carbocycles. The van der Waals surface area contributed by atoms with Crippen molar-refractivity contribution in [3.8, 4) is 11.5 Å². The second kappa shape index (κ2) is 5.39. The van der Waals surface area contributed by atoms with Crippen LogP contribution in [0.1, 0.15) is 22.7 Å². The van der Waals surface area contributed by atoms with Gasteiger partial charge in [-0.15, -0.1) is 0 Å². The SMILES string of the molecule is Oc1cc2c(cc1O)C(c1cc(Br)ccc1Br)NCC2. The molecule has 0 fully saturated rings. The molecule has 3 nitrogen and oxygen atoms in total. The van der Waals surface area contributed by atoms with Gasteiger partial charge in [-0.05, 0) is 53.4 Å². The van der Waals surface area contributed by atoms with Crippen molar-refractivity contribution in [1.29, 1.82) is 0 Å². The largest absolute Gasteiger partial charge is 0.504 e. The van der Waals surface area contributed by atoms with Crippen molar-refractivity contribution in [3.05, 3.63) is 56.0 Å². The molecule has 1 aliphatic heterocycles. The van der Waals surface area contributed by atoms with Crippen molar-refractivity contribution >= 4 is 31.9 Å². The van der Waals surface area contributed by atoms with E-state index in [2.05, 4.69) is 43.2 Å². The summed E-state index contributed by atoms with van der Waals surface area (Å²) >= 11 is 7.07. The lowest BCUT2D eigenvalue weighted by atomic mass is 9.89. The fraction of sp³-hybridized carbons (Fsp3) is 0.200. The van der Waals surface area contributed by atoms with Crippen LogP contribution < -0.4 is 5.32 Å². The van der Waals surface area contributed by atoms with Crippen molar-refractivity contribution in [3.63, 3.8) is 0 Å². The summed E-state index contributed by atoms with van der Waals surface area (Å²) in [4.78, 5) is 0. The monoisotopic (exact) mass is 397 g/mol. The van der Waals surface area contributed by atoms with E-state index in [0.29, 0.717) is 0 Å². The molecule has 2 aromatic rings. The van der Waals surface area contributed by atoms with Crippen LogP contribution in [-0.2, 0) is 6.42 Å². The summed E-state index contributed by atoms with van der Waals surface area (Å²) in [6.45, 7) is 0.834. The summed E-state index contributed by atoms with van der Waals surface area (Å²) in [6.07, 6.45) is 0.839. The number of rotatable bonds is 1. The standard InChI is InChI=1S/C15H13Br2NO2/c16-9-1-2-12(17)11(6-9)15-10-7-14(20)13(19)5-8(10)3-4-18-15/h1-2,5-7,15,18-20H,3-4H2. The van der Waals surface area contributed by atoms with Crippen LogP contribution in [0.15, 0.2) is 39.3 Å². The van der Waals surface area contributed by atoms with Crippen LogP contribution in [0.4, 0.5) is 0 Å². The maximum absolute atomic E-state index is 9.77. The molecule has 0 amide bonds. The number of phenols is 2. The minimum atomic E-state index is -0.0800. The summed E-state index contributed by atoms with van der Waals surface area (Å²) in [6, 6.07) is 9.33. The van der Waals surface area contributed by atoms with Gasteiger partial charge in [0.05, 0.1) is 6.04 Å². The molecule has 104 valence electrons. The fourth-order valence-corrected chi connectivity index (χ4v) is 3.45. The summed E-state index contributed by atoms with van der Waals surface area (Å²) in [5.41, 5.74) is 3.17. The lowest BCUT2D eigenvalue weighted by Crippen LogP contribution is -2.30. The Morgan fingerprint density at radius 1 is 1.00 bits per heavy atom. The van der Waals surface area contributed by atoms with Crippen LogP contribution in [0.25, 0.3) is 0 Å². The third kappa shape index (κ3) is 2.45. The van der Waals surface area contributed by atoms with Crippen LogP contribution in [0.3, 0.4) is 0 Å². The molecule has 0 aliphatic carbocycles. The van der Waals surface area contributed by atoms with Crippen molar-refractivity contribution in [1.82, 2.24) is 5.32 Å². The van der Waals surface area contributed by atoms with E-state index in [1.807, 2.05) is 12.1 Å². The van der Waals surface area contributed by atoms with E-state index in [-0.39, 0.29) is 17.5 Å². The van der Waals surface area contributed by atoms with Crippen molar-refractivity contribution < 1.29 is 10.2 Å². The molecule has 0 aromatic heterocycles. The quantitative estimate of drug-likeness (QED) is 0.639. The number of aromatic hydroxyl groups is 2. The molecule has 0 spiro atoms. The third-order valence-corrected chi connectivity index (χ3v) is 4.77. The second-order valence-corrected chi connectivity index (χ2v) is 6.61. The normalized spacial score (nSPS) is 17.8. The molecular formula is C15H13Br2NO2. The highest BCUT2D eigenvalue weighted by atomic mass is 79.9. The predicted molar refractivity (Wildman–Crippen MR) is 85.2 cm³/mol. The molecule has 0 radical (unpaired) electrons. The van der Waals surface area contributed by atoms with Gasteiger partial charge in [0, 0.05) is 15.5 Å². The Labute approximate surface area is 133 Å². The van der Waals surface area contributed by atoms with Crippen LogP contribution in [0.5, 0.6) is 11.5 Å². The number of fused-ring (bicyclic) bond motifs is 1. The summed E-state index contributed by atoms with van der Waals surface area (Å²) < 4.78 is 2.02. The van der Waals surface area contributed by atoms with Crippen LogP contribution >= 0.6 is 31.9 Å². The smallest absolute Gasteiger partial charge is 0.157 e. The molecule has 0 saturated carbocycles. The fourth-order valence-electron chi connectivity index (χ4n) is 2.60. The first-order valence-electron chi connectivity index (χ1n) is 6.29. The van der Waals surface area contributed by atoms with Gasteiger partial charge in [-0.2, -0.15) is 0 Å². The molecule has 1 unspecified atom stereocenters. The highest BCUT2D eigenvalue weighted by Crippen LogP contribution is 2.38. The molecule has 3 rings (SSSR count). The lowest BCUT2D eigenvalue weighted by Gasteiger charge is -2.28. The zero-order valence-corrected chi connectivity index (χ0v) is 13.7. The van der Waals surface area contributed by atoms with E-state index in [9.17, 15) is 10.2 Å². The molecule has 0 saturated heterocycles. The number of hydrogen-bond donors (Lipinski definition) is 3. The molecule has 5 heteroatoms. The highest BCUT2D eigenvalue weighted by molar-refractivity contribution is 9.11. The number of phenolic OH excluding ortho intramolecular Hbond substituents is 2. The minimum Gasteiger partial charge on any atom is -0.504 e. The van der Waals surface area contributed by atoms with Crippen molar-refractivity contribution in [2.24, 2.45) is 0 Å². The van der Waals surface area contributed by atoms with Crippen LogP contribution in [-0.4, -0.2) is 16.8 Å². The van der Waals surface area contributed by atoms with Gasteiger partial charge in [-0.3, -0.25) is 0 Å². The zero-order chi connectivity index (χ0) is 14.3. The van der Waals surface area contributed by atoms with Gasteiger partial charge in [0.2, 0.25) is 0 Å². The molecule has 1 atom stereocenters. The number of nitrogens with one attached hydrogen (secondary N) is 1. The summed E-state index contributed by atoms with van der Waals surface area (Å²) in [7, 11) is 0. The van der Waals surface area contributed by atoms with Crippen LogP contribution in [0, 0.1) is 0 Å². The van der Waals surface area contributed by atoms with Gasteiger partial charge in [0.15, 0.2) is 11.5 Å². The van der Waals surface area contributed by atoms with E-state index < -0.39 is 0 Å². The van der Waals surface area contributed by atoms with E-state index in [1.165, 1.54) is 0 Å². The highest BCUT2D eigenvalue weighted by Gasteiger charge is 2.24. The van der Waals surface area contributed by atoms with E-state index in [4.69, 9.17) is 0 Å². The number of hydrogen-bond acceptors (Lipinski definition) is 3. The van der Waals surface area contributed by atoms with Crippen molar-refractivity contribution in [2.45, 2.75) is 12.5 Å². The Balaban J connectivity index is 2.14. The summed E-state index contributed by atoms with van der Waals surface area (Å²) in [5.74, 6) is -0.138. The number of halogens is 2. The summed E-state index contributed by atoms with van der Waals surface area (Å²) in [5, 5.41) is 22.9. The Hall–Kier alpha value is -1.04. The maximum Gasteiger partial charge on any atom is 0.157 e. The topological polar surface area (TPSA) is 52.5 Å². The first kappa shape index (κ1) is 13.9. The predicted octanol–water partition coefficient (Wildman–Crippen LogP) is 3.86. The van der Waals surface area contributed by atoms with Gasteiger partial charge in [-0.25, -0.2) is 0 Å². The van der Waals surface area contributed by atoms with E-state index in [1.54, 1.807) is 12.1 Å². The third-order valence-electron chi connectivity index (χ3n) is 3.56. The average molecular weight is 399 g/mol. The van der Waals surface area contributed by atoms with Gasteiger partial charge >= 0.3 is 0 Å². The second-order valence-electron chi connectivity index (χ2n) is 4.84. The number of benzene rings is 2. The molecule has 0 bridgehead atoms. The Bertz CT molecular complexity index is 673. The van der Waals surface area contributed by atoms with Gasteiger partial charge in [-0.1, -0.05) is 31.9 Å².